The van der Waals surface area contributed by atoms with Crippen LogP contribution in [0.3, 0.4) is 0 Å². The monoisotopic (exact) mass is 394 g/mol. The first-order chi connectivity index (χ1) is 14.2. The highest BCUT2D eigenvalue weighted by molar-refractivity contribution is 5.92. The molecule has 0 aliphatic carbocycles. The minimum atomic E-state index is -0.0293. The van der Waals surface area contributed by atoms with Crippen LogP contribution in [0.5, 0.6) is 0 Å². The summed E-state index contributed by atoms with van der Waals surface area (Å²) in [5.74, 6) is 0.0298. The molecular weight excluding hydrogens is 368 g/mol. The van der Waals surface area contributed by atoms with E-state index in [1.54, 1.807) is 12.5 Å². The van der Waals surface area contributed by atoms with Crippen LogP contribution in [0.1, 0.15) is 48.6 Å². The van der Waals surface area contributed by atoms with E-state index in [4.69, 9.17) is 0 Å². The van der Waals surface area contributed by atoms with Crippen molar-refractivity contribution in [2.24, 2.45) is 0 Å². The lowest BCUT2D eigenvalue weighted by Gasteiger charge is -2.45. The summed E-state index contributed by atoms with van der Waals surface area (Å²) in [6.45, 7) is 2.55. The van der Waals surface area contributed by atoms with Crippen molar-refractivity contribution < 1.29 is 4.79 Å². The molecule has 2 saturated heterocycles. The number of fused-ring (bicyclic) bond motifs is 1. The van der Waals surface area contributed by atoms with Crippen LogP contribution in [-0.2, 0) is 0 Å². The van der Waals surface area contributed by atoms with Crippen molar-refractivity contribution in [2.75, 3.05) is 19.6 Å². The van der Waals surface area contributed by atoms with Crippen LogP contribution in [0.25, 0.3) is 11.0 Å². The van der Waals surface area contributed by atoms with Crippen LogP contribution in [0.15, 0.2) is 41.6 Å². The number of amides is 1. The first-order valence-corrected chi connectivity index (χ1v) is 10.4. The third-order valence-electron chi connectivity index (χ3n) is 6.37. The summed E-state index contributed by atoms with van der Waals surface area (Å²) in [6.07, 6.45) is 8.27. The largest absolute Gasteiger partial charge is 0.341 e. The molecule has 2 aliphatic heterocycles. The molecule has 1 unspecified atom stereocenters. The number of likely N-dealkylation sites (tertiary alicyclic amines) is 2. The number of rotatable bonds is 3. The highest BCUT2D eigenvalue weighted by Gasteiger charge is 2.35. The minimum Gasteiger partial charge on any atom is -0.341 e. The first kappa shape index (κ1) is 18.2. The van der Waals surface area contributed by atoms with Crippen molar-refractivity contribution in [3.63, 3.8) is 0 Å². The molecule has 8 heteroatoms. The summed E-state index contributed by atoms with van der Waals surface area (Å²) in [6, 6.07) is 8.06. The van der Waals surface area contributed by atoms with Gasteiger partial charge in [0.05, 0.1) is 29.7 Å². The molecule has 29 heavy (non-hydrogen) atoms. The van der Waals surface area contributed by atoms with Crippen LogP contribution in [0.4, 0.5) is 0 Å². The number of nitrogens with one attached hydrogen (secondary N) is 2. The van der Waals surface area contributed by atoms with E-state index in [9.17, 15) is 9.59 Å². The third-order valence-corrected chi connectivity index (χ3v) is 6.37. The highest BCUT2D eigenvalue weighted by atomic mass is 16.2. The number of piperidine rings is 2. The van der Waals surface area contributed by atoms with Gasteiger partial charge in [0, 0.05) is 25.7 Å². The Hall–Kier alpha value is -2.87. The van der Waals surface area contributed by atoms with Gasteiger partial charge in [0.2, 0.25) is 0 Å². The number of carbonyl (C=O) groups is 1. The van der Waals surface area contributed by atoms with Crippen LogP contribution < -0.4 is 5.69 Å². The number of hydrogen-bond donors (Lipinski definition) is 2. The summed E-state index contributed by atoms with van der Waals surface area (Å²) in [4.78, 5) is 39.8. The second-order valence-corrected chi connectivity index (χ2v) is 8.02. The zero-order valence-electron chi connectivity index (χ0n) is 16.4. The third kappa shape index (κ3) is 3.27. The Morgan fingerprint density at radius 1 is 1.07 bits per heavy atom. The Morgan fingerprint density at radius 2 is 1.90 bits per heavy atom. The molecule has 2 aliphatic rings. The Balaban J connectivity index is 1.32. The van der Waals surface area contributed by atoms with Gasteiger partial charge in [-0.05, 0) is 44.2 Å². The van der Waals surface area contributed by atoms with E-state index >= 15 is 0 Å². The van der Waals surface area contributed by atoms with E-state index in [0.29, 0.717) is 5.69 Å². The number of aromatic nitrogens is 4. The number of hydrogen-bond acceptors (Lipinski definition) is 4. The fraction of sp³-hybridized carbons (Fsp3) is 0.476. The van der Waals surface area contributed by atoms with Gasteiger partial charge < -0.3 is 14.9 Å². The van der Waals surface area contributed by atoms with Crippen LogP contribution in [0, 0.1) is 0 Å². The quantitative estimate of drug-likeness (QED) is 0.714. The number of para-hydroxylation sites is 2. The smallest absolute Gasteiger partial charge is 0.326 e. The summed E-state index contributed by atoms with van der Waals surface area (Å²) >= 11 is 0. The predicted molar refractivity (Wildman–Crippen MR) is 110 cm³/mol. The summed E-state index contributed by atoms with van der Waals surface area (Å²) in [5, 5.41) is 0. The molecule has 152 valence electrons. The number of benzene rings is 1. The average molecular weight is 394 g/mol. The molecule has 2 aromatic heterocycles. The minimum absolute atomic E-state index is 0.0293. The molecule has 2 N–H and O–H groups in total. The average Bonchev–Trinajstić information content (AvgIpc) is 3.41. The van der Waals surface area contributed by atoms with E-state index in [0.717, 1.165) is 62.8 Å². The SMILES string of the molecule is O=C(c1cnc[nH]1)N1CCCCC1N1CCC(n2c(=O)[nH]c3ccccc32)CC1. The Kier molecular flexibility index (Phi) is 4.71. The fourth-order valence-electron chi connectivity index (χ4n) is 4.94. The van der Waals surface area contributed by atoms with Crippen LogP contribution in [-0.4, -0.2) is 61.0 Å². The molecule has 1 aromatic carbocycles. The summed E-state index contributed by atoms with van der Waals surface area (Å²) in [5.41, 5.74) is 2.39. The standard InChI is InChI=1S/C21H26N6O2/c28-20(17-13-22-14-23-17)26-10-4-3-7-19(26)25-11-8-15(9-12-25)27-18-6-2-1-5-16(18)24-21(27)29/h1-2,5-6,13-15,19H,3-4,7-12H2,(H,22,23)(H,24,29). The van der Waals surface area contributed by atoms with E-state index in [2.05, 4.69) is 19.9 Å². The van der Waals surface area contributed by atoms with Crippen molar-refractivity contribution in [2.45, 2.75) is 44.3 Å². The molecule has 3 aromatic rings. The van der Waals surface area contributed by atoms with Crippen molar-refractivity contribution >= 4 is 16.9 Å². The Morgan fingerprint density at radius 3 is 2.69 bits per heavy atom. The predicted octanol–water partition coefficient (Wildman–Crippen LogP) is 2.34. The normalized spacial score (nSPS) is 21.7. The van der Waals surface area contributed by atoms with Gasteiger partial charge in [-0.25, -0.2) is 9.78 Å². The number of imidazole rings is 2. The molecule has 2 fully saturated rings. The summed E-state index contributed by atoms with van der Waals surface area (Å²) < 4.78 is 1.92. The molecule has 0 saturated carbocycles. The number of carbonyl (C=O) groups excluding carboxylic acids is 1. The van der Waals surface area contributed by atoms with Gasteiger partial charge in [-0.1, -0.05) is 12.1 Å². The maximum Gasteiger partial charge on any atom is 0.326 e. The van der Waals surface area contributed by atoms with Crippen molar-refractivity contribution in [3.05, 3.63) is 53.0 Å². The number of nitrogens with zero attached hydrogens (tertiary/aromatic N) is 4. The van der Waals surface area contributed by atoms with Gasteiger partial charge in [-0.15, -0.1) is 0 Å². The maximum absolute atomic E-state index is 12.9. The van der Waals surface area contributed by atoms with Gasteiger partial charge in [0.1, 0.15) is 5.69 Å². The maximum atomic E-state index is 12.9. The fourth-order valence-corrected chi connectivity index (χ4v) is 4.94. The van der Waals surface area contributed by atoms with E-state index in [-0.39, 0.29) is 23.8 Å². The highest BCUT2D eigenvalue weighted by Crippen LogP contribution is 2.29. The molecule has 0 radical (unpaired) electrons. The Labute approximate surface area is 168 Å². The van der Waals surface area contributed by atoms with E-state index in [1.165, 1.54) is 0 Å². The zero-order chi connectivity index (χ0) is 19.8. The lowest BCUT2D eigenvalue weighted by atomic mass is 10.00. The molecule has 8 nitrogen and oxygen atoms in total. The second kappa shape index (κ2) is 7.51. The van der Waals surface area contributed by atoms with Gasteiger partial charge in [-0.3, -0.25) is 14.3 Å². The number of aromatic amines is 2. The molecular formula is C21H26N6O2. The van der Waals surface area contributed by atoms with E-state index < -0.39 is 0 Å². The van der Waals surface area contributed by atoms with Crippen molar-refractivity contribution in [3.8, 4) is 0 Å². The first-order valence-electron chi connectivity index (χ1n) is 10.4. The van der Waals surface area contributed by atoms with Crippen molar-refractivity contribution in [1.82, 2.24) is 29.3 Å². The lowest BCUT2D eigenvalue weighted by molar-refractivity contribution is 0.000878. The van der Waals surface area contributed by atoms with E-state index in [1.807, 2.05) is 33.7 Å². The van der Waals surface area contributed by atoms with Crippen LogP contribution in [0.2, 0.25) is 0 Å². The zero-order valence-corrected chi connectivity index (χ0v) is 16.4. The number of H-pyrrole nitrogens is 2. The molecule has 0 spiro atoms. The Bertz CT molecular complexity index is 1040. The van der Waals surface area contributed by atoms with Gasteiger partial charge in [0.25, 0.3) is 5.91 Å². The molecule has 1 atom stereocenters. The van der Waals surface area contributed by atoms with Gasteiger partial charge in [-0.2, -0.15) is 0 Å². The van der Waals surface area contributed by atoms with Crippen LogP contribution >= 0.6 is 0 Å². The van der Waals surface area contributed by atoms with Crippen molar-refractivity contribution in [1.29, 1.82) is 0 Å². The molecule has 0 bridgehead atoms. The van der Waals surface area contributed by atoms with Gasteiger partial charge in [0.15, 0.2) is 0 Å². The molecule has 4 heterocycles. The molecule has 1 amide bonds. The lowest BCUT2D eigenvalue weighted by Crippen LogP contribution is -2.55. The summed E-state index contributed by atoms with van der Waals surface area (Å²) in [7, 11) is 0. The molecule has 5 rings (SSSR count). The topological polar surface area (TPSA) is 90.0 Å². The van der Waals surface area contributed by atoms with Gasteiger partial charge >= 0.3 is 5.69 Å². The second-order valence-electron chi connectivity index (χ2n) is 8.02.